The van der Waals surface area contributed by atoms with Crippen molar-refractivity contribution < 1.29 is 18.7 Å². The van der Waals surface area contributed by atoms with Gasteiger partial charge >= 0.3 is 0 Å². The van der Waals surface area contributed by atoms with Crippen molar-refractivity contribution in [3.05, 3.63) is 75.3 Å². The number of halogens is 1. The minimum atomic E-state index is -0.517. The fourth-order valence-electron chi connectivity index (χ4n) is 3.85. The number of anilines is 1. The second kappa shape index (κ2) is 10.0. The number of carbonyl (C=O) groups is 1. The second-order valence-corrected chi connectivity index (χ2v) is 8.55. The summed E-state index contributed by atoms with van der Waals surface area (Å²) >= 11 is 1.22. The summed E-state index contributed by atoms with van der Waals surface area (Å²) in [5, 5.41) is 3.18. The first kappa shape index (κ1) is 23.4. The summed E-state index contributed by atoms with van der Waals surface area (Å²) in [6.45, 7) is 0.0855. The molecule has 3 aromatic rings. The molecule has 0 unspecified atom stereocenters. The van der Waals surface area contributed by atoms with E-state index >= 15 is 0 Å². The maximum absolute atomic E-state index is 14.0. The van der Waals surface area contributed by atoms with Crippen molar-refractivity contribution >= 4 is 23.5 Å². The molecule has 1 atom stereocenters. The van der Waals surface area contributed by atoms with Gasteiger partial charge in [-0.1, -0.05) is 41.9 Å². The lowest BCUT2D eigenvalue weighted by Gasteiger charge is -2.28. The smallest absolute Gasteiger partial charge is 0.279 e. The molecule has 174 valence electrons. The number of methoxy groups -OCH3 is 1. The monoisotopic (exact) mass is 479 g/mol. The Bertz CT molecular complexity index is 1350. The number of amides is 1. The van der Waals surface area contributed by atoms with Gasteiger partial charge in [-0.15, -0.1) is 6.42 Å². The van der Waals surface area contributed by atoms with Crippen LogP contribution in [0.15, 0.2) is 52.4 Å². The van der Waals surface area contributed by atoms with Gasteiger partial charge in [-0.2, -0.15) is 4.98 Å². The quantitative estimate of drug-likeness (QED) is 0.316. The molecule has 34 heavy (non-hydrogen) atoms. The molecule has 0 bridgehead atoms. The van der Waals surface area contributed by atoms with Crippen molar-refractivity contribution in [2.45, 2.75) is 23.2 Å². The van der Waals surface area contributed by atoms with Gasteiger partial charge in [0.1, 0.15) is 18.2 Å². The summed E-state index contributed by atoms with van der Waals surface area (Å²) in [4.78, 5) is 30.0. The first-order valence-corrected chi connectivity index (χ1v) is 11.4. The number of ether oxygens (including phenoxy) is 2. The van der Waals surface area contributed by atoms with Crippen LogP contribution in [0.2, 0.25) is 0 Å². The highest BCUT2D eigenvalue weighted by Crippen LogP contribution is 2.39. The van der Waals surface area contributed by atoms with Crippen molar-refractivity contribution in [1.29, 1.82) is 0 Å². The highest BCUT2D eigenvalue weighted by atomic mass is 32.2. The van der Waals surface area contributed by atoms with Gasteiger partial charge in [0.15, 0.2) is 16.7 Å². The normalized spacial score (nSPS) is 14.6. The molecule has 2 heterocycles. The zero-order valence-corrected chi connectivity index (χ0v) is 19.4. The number of benzene rings is 2. The summed E-state index contributed by atoms with van der Waals surface area (Å²) in [6.07, 6.45) is 5.35. The molecule has 1 N–H and O–H groups in total. The van der Waals surface area contributed by atoms with Crippen LogP contribution in [0.4, 0.5) is 10.2 Å². The third-order valence-corrected chi connectivity index (χ3v) is 6.60. The molecule has 0 aliphatic carbocycles. The van der Waals surface area contributed by atoms with Crippen molar-refractivity contribution in [1.82, 2.24) is 9.55 Å². The van der Waals surface area contributed by atoms with Gasteiger partial charge < -0.3 is 19.4 Å². The van der Waals surface area contributed by atoms with E-state index in [9.17, 15) is 14.0 Å². The van der Waals surface area contributed by atoms with Crippen molar-refractivity contribution in [3.63, 3.8) is 0 Å². The first-order chi connectivity index (χ1) is 16.4. The molecular formula is C25H22FN3O4S. The number of fused-ring (bicyclic) bond motifs is 1. The van der Waals surface area contributed by atoms with Gasteiger partial charge in [0.05, 0.1) is 12.7 Å². The van der Waals surface area contributed by atoms with Crippen LogP contribution in [-0.4, -0.2) is 29.2 Å². The zero-order valence-electron chi connectivity index (χ0n) is 18.6. The molecule has 2 aromatic carbocycles. The third kappa shape index (κ3) is 4.63. The number of terminal acetylenes is 1. The van der Waals surface area contributed by atoms with E-state index in [1.165, 1.54) is 24.9 Å². The summed E-state index contributed by atoms with van der Waals surface area (Å²) < 4.78 is 26.6. The SMILES string of the molecule is C#CCOc1ccc([C@@H]2CC(=O)Nc3c2c(=O)nc(SCc2ccccc2F)n3C)cc1OC. The van der Waals surface area contributed by atoms with Gasteiger partial charge in [-0.05, 0) is 29.3 Å². The van der Waals surface area contributed by atoms with Crippen LogP contribution in [-0.2, 0) is 17.6 Å². The van der Waals surface area contributed by atoms with E-state index in [-0.39, 0.29) is 24.8 Å². The van der Waals surface area contributed by atoms with E-state index in [4.69, 9.17) is 15.9 Å². The first-order valence-electron chi connectivity index (χ1n) is 10.4. The summed E-state index contributed by atoms with van der Waals surface area (Å²) in [5.41, 5.74) is 1.16. The Morgan fingerprint density at radius 1 is 1.26 bits per heavy atom. The molecule has 0 saturated carbocycles. The van der Waals surface area contributed by atoms with Crippen LogP contribution in [0.3, 0.4) is 0 Å². The fourth-order valence-corrected chi connectivity index (χ4v) is 4.80. The van der Waals surface area contributed by atoms with E-state index in [0.717, 1.165) is 0 Å². The Hall–Kier alpha value is -3.77. The van der Waals surface area contributed by atoms with E-state index in [2.05, 4.69) is 16.2 Å². The number of nitrogens with one attached hydrogen (secondary N) is 1. The maximum atomic E-state index is 14.0. The van der Waals surface area contributed by atoms with Crippen molar-refractivity contribution in [2.24, 2.45) is 7.05 Å². The molecule has 9 heteroatoms. The number of hydrogen-bond donors (Lipinski definition) is 1. The van der Waals surface area contributed by atoms with Crippen molar-refractivity contribution in [2.75, 3.05) is 19.0 Å². The highest BCUT2D eigenvalue weighted by Gasteiger charge is 2.32. The number of aromatic nitrogens is 2. The second-order valence-electron chi connectivity index (χ2n) is 7.61. The van der Waals surface area contributed by atoms with Crippen LogP contribution in [0.25, 0.3) is 0 Å². The Morgan fingerprint density at radius 2 is 2.06 bits per heavy atom. The van der Waals surface area contributed by atoms with Gasteiger partial charge in [0.2, 0.25) is 5.91 Å². The summed E-state index contributed by atoms with van der Waals surface area (Å²) in [7, 11) is 3.22. The van der Waals surface area contributed by atoms with E-state index in [0.29, 0.717) is 44.9 Å². The Labute approximate surface area is 200 Å². The predicted octanol–water partition coefficient (Wildman–Crippen LogP) is 3.71. The molecule has 0 fully saturated rings. The maximum Gasteiger partial charge on any atom is 0.279 e. The third-order valence-electron chi connectivity index (χ3n) is 5.52. The summed E-state index contributed by atoms with van der Waals surface area (Å²) in [5.74, 6) is 2.92. The van der Waals surface area contributed by atoms with Crippen LogP contribution < -0.4 is 20.3 Å². The molecule has 1 aliphatic rings. The van der Waals surface area contributed by atoms with Crippen LogP contribution in [0, 0.1) is 18.2 Å². The van der Waals surface area contributed by atoms with Gasteiger partial charge in [-0.3, -0.25) is 9.59 Å². The fraction of sp³-hybridized carbons (Fsp3) is 0.240. The molecule has 1 aromatic heterocycles. The topological polar surface area (TPSA) is 82.5 Å². The van der Waals surface area contributed by atoms with Crippen LogP contribution >= 0.6 is 11.8 Å². The van der Waals surface area contributed by atoms with E-state index < -0.39 is 11.5 Å². The number of nitrogens with zero attached hydrogens (tertiary/aromatic N) is 2. The number of carbonyl (C=O) groups excluding carboxylic acids is 1. The molecule has 4 rings (SSSR count). The number of rotatable bonds is 7. The Kier molecular flexibility index (Phi) is 6.89. The molecule has 7 nitrogen and oxygen atoms in total. The lowest BCUT2D eigenvalue weighted by Crippen LogP contribution is -2.33. The number of thioether (sulfide) groups is 1. The molecule has 0 spiro atoms. The average Bonchev–Trinajstić information content (AvgIpc) is 2.84. The molecule has 0 radical (unpaired) electrons. The minimum Gasteiger partial charge on any atom is -0.493 e. The van der Waals surface area contributed by atoms with Gasteiger partial charge in [0, 0.05) is 25.1 Å². The van der Waals surface area contributed by atoms with Crippen LogP contribution in [0.5, 0.6) is 11.5 Å². The van der Waals surface area contributed by atoms with Crippen molar-refractivity contribution in [3.8, 4) is 23.8 Å². The highest BCUT2D eigenvalue weighted by molar-refractivity contribution is 7.98. The Balaban J connectivity index is 1.70. The zero-order chi connectivity index (χ0) is 24.2. The predicted molar refractivity (Wildman–Crippen MR) is 128 cm³/mol. The molecule has 1 amide bonds. The summed E-state index contributed by atoms with van der Waals surface area (Å²) in [6, 6.07) is 11.7. The minimum absolute atomic E-state index is 0.0827. The lowest BCUT2D eigenvalue weighted by atomic mass is 9.86. The molecule has 1 aliphatic heterocycles. The molecule has 0 saturated heterocycles. The number of hydrogen-bond acceptors (Lipinski definition) is 6. The van der Waals surface area contributed by atoms with Crippen LogP contribution in [0.1, 0.15) is 29.0 Å². The average molecular weight is 480 g/mol. The Morgan fingerprint density at radius 3 is 2.79 bits per heavy atom. The standard InChI is InChI=1S/C25H22FN3O4S/c1-4-11-33-19-10-9-15(12-20(19)32-3)17-13-21(30)27-23-22(17)24(31)28-25(29(23)2)34-14-16-7-5-6-8-18(16)26/h1,5-10,12,17H,11,13-14H2,2-3H3,(H,27,30)/t17-/m0/s1. The van der Waals surface area contributed by atoms with E-state index in [1.54, 1.807) is 48.0 Å². The molecular weight excluding hydrogens is 457 g/mol. The van der Waals surface area contributed by atoms with Gasteiger partial charge in [-0.25, -0.2) is 4.39 Å². The lowest BCUT2D eigenvalue weighted by molar-refractivity contribution is -0.116. The van der Waals surface area contributed by atoms with E-state index in [1.807, 2.05) is 0 Å². The largest absolute Gasteiger partial charge is 0.493 e. The van der Waals surface area contributed by atoms with Gasteiger partial charge in [0.25, 0.3) is 5.56 Å².